The van der Waals surface area contributed by atoms with Gasteiger partial charge in [0, 0.05) is 42.0 Å². The second kappa shape index (κ2) is 10.1. The molecule has 0 fully saturated rings. The second-order valence-electron chi connectivity index (χ2n) is 8.64. The molecule has 8 heteroatoms. The van der Waals surface area contributed by atoms with E-state index in [1.54, 1.807) is 44.3 Å². The van der Waals surface area contributed by atoms with Crippen molar-refractivity contribution in [3.63, 3.8) is 0 Å². The number of rotatable bonds is 9. The van der Waals surface area contributed by atoms with E-state index >= 15 is 0 Å². The number of aliphatic hydroxyl groups is 2. The smallest absolute Gasteiger partial charge is 0.294 e. The average Bonchev–Trinajstić information content (AvgIpc) is 3.40. The Labute approximate surface area is 203 Å². The van der Waals surface area contributed by atoms with Gasteiger partial charge in [-0.2, -0.15) is 0 Å². The van der Waals surface area contributed by atoms with Crippen LogP contribution in [0.4, 0.5) is 5.69 Å². The maximum absolute atomic E-state index is 13.3. The molecule has 1 aliphatic rings. The lowest BCUT2D eigenvalue weighted by Gasteiger charge is -2.28. The first-order valence-electron chi connectivity index (χ1n) is 11.5. The highest BCUT2D eigenvalue weighted by Gasteiger charge is 2.46. The minimum atomic E-state index is -0.924. The maximum atomic E-state index is 13.3. The normalized spacial score (nSPS) is 15.9. The zero-order chi connectivity index (χ0) is 25.1. The summed E-state index contributed by atoms with van der Waals surface area (Å²) < 4.78 is 11.5. The Hall–Kier alpha value is -3.91. The first-order valence-corrected chi connectivity index (χ1v) is 11.5. The van der Waals surface area contributed by atoms with Crippen LogP contribution in [0.25, 0.3) is 11.3 Å². The third-order valence-electron chi connectivity index (χ3n) is 5.80. The zero-order valence-electron chi connectivity index (χ0n) is 19.9. The molecule has 2 aromatic heterocycles. The molecular formula is C27H28N2O6. The van der Waals surface area contributed by atoms with Crippen LogP contribution >= 0.6 is 0 Å². The van der Waals surface area contributed by atoms with Crippen molar-refractivity contribution in [1.82, 2.24) is 4.98 Å². The Balaban J connectivity index is 1.79. The molecule has 182 valence electrons. The largest absolute Gasteiger partial charge is 0.503 e. The van der Waals surface area contributed by atoms with Crippen LogP contribution in [0.1, 0.15) is 37.6 Å². The number of ether oxygens (including phenoxy) is 1. The number of hydrogen-bond acceptors (Lipinski definition) is 7. The number of carbonyl (C=O) groups excluding carboxylic acids is 2. The summed E-state index contributed by atoms with van der Waals surface area (Å²) in [6.07, 6.45) is 1.95. The number of amides is 1. The first-order chi connectivity index (χ1) is 16.8. The van der Waals surface area contributed by atoms with E-state index < -0.39 is 23.6 Å². The molecule has 8 nitrogen and oxygen atoms in total. The van der Waals surface area contributed by atoms with Crippen molar-refractivity contribution < 1.29 is 29.0 Å². The van der Waals surface area contributed by atoms with Crippen LogP contribution in [-0.2, 0) is 9.59 Å². The summed E-state index contributed by atoms with van der Waals surface area (Å²) in [6, 6.07) is 13.4. The average molecular weight is 477 g/mol. The second-order valence-corrected chi connectivity index (χ2v) is 8.64. The summed E-state index contributed by atoms with van der Waals surface area (Å²) in [5.74, 6) is -0.318. The number of anilines is 1. The summed E-state index contributed by atoms with van der Waals surface area (Å²) >= 11 is 0. The number of Topliss-reactive ketones (excluding diaryl/α,β-unsaturated/α-hetero) is 1. The van der Waals surface area contributed by atoms with Gasteiger partial charge in [0.25, 0.3) is 5.91 Å². The lowest BCUT2D eigenvalue weighted by molar-refractivity contribution is -0.119. The van der Waals surface area contributed by atoms with Gasteiger partial charge in [0.1, 0.15) is 17.6 Å². The van der Waals surface area contributed by atoms with E-state index in [0.29, 0.717) is 23.4 Å². The molecule has 1 aromatic carbocycles. The number of ketones is 1. The van der Waals surface area contributed by atoms with Gasteiger partial charge in [0.05, 0.1) is 12.2 Å². The molecule has 2 N–H and O–H groups in total. The summed E-state index contributed by atoms with van der Waals surface area (Å²) in [5, 5.41) is 20.0. The van der Waals surface area contributed by atoms with Crippen molar-refractivity contribution in [3.05, 3.63) is 77.4 Å². The Bertz CT molecular complexity index is 1260. The fourth-order valence-corrected chi connectivity index (χ4v) is 4.07. The molecule has 3 heterocycles. The van der Waals surface area contributed by atoms with E-state index in [1.165, 1.54) is 4.90 Å². The number of carbonyl (C=O) groups is 2. The van der Waals surface area contributed by atoms with E-state index in [-0.39, 0.29) is 30.5 Å². The van der Waals surface area contributed by atoms with Crippen molar-refractivity contribution in [2.75, 3.05) is 18.1 Å². The number of furan rings is 1. The van der Waals surface area contributed by atoms with E-state index in [4.69, 9.17) is 14.3 Å². The molecular weight excluding hydrogens is 448 g/mol. The Kier molecular flexibility index (Phi) is 7.02. The molecule has 1 amide bonds. The van der Waals surface area contributed by atoms with Crippen LogP contribution in [0.5, 0.6) is 5.88 Å². The van der Waals surface area contributed by atoms with Crippen LogP contribution in [0.2, 0.25) is 0 Å². The molecule has 0 aliphatic carbocycles. The van der Waals surface area contributed by atoms with Crippen LogP contribution < -0.4 is 9.64 Å². The van der Waals surface area contributed by atoms with Crippen LogP contribution in [0, 0.1) is 12.8 Å². The number of aliphatic hydroxyl groups excluding tert-OH is 2. The lowest BCUT2D eigenvalue weighted by atomic mass is 9.91. The number of pyridine rings is 1. The molecule has 1 aliphatic heterocycles. The van der Waals surface area contributed by atoms with Crippen molar-refractivity contribution >= 4 is 17.4 Å². The number of nitrogens with zero attached hydrogens (tertiary/aromatic N) is 2. The predicted molar refractivity (Wildman–Crippen MR) is 130 cm³/mol. The molecule has 0 radical (unpaired) electrons. The number of benzene rings is 1. The molecule has 0 spiro atoms. The van der Waals surface area contributed by atoms with Gasteiger partial charge in [-0.05, 0) is 55.5 Å². The molecule has 35 heavy (non-hydrogen) atoms. The van der Waals surface area contributed by atoms with Crippen LogP contribution in [0.3, 0.4) is 0 Å². The molecule has 0 saturated carbocycles. The fourth-order valence-electron chi connectivity index (χ4n) is 4.07. The van der Waals surface area contributed by atoms with E-state index in [0.717, 1.165) is 11.3 Å². The van der Waals surface area contributed by atoms with Crippen molar-refractivity contribution in [2.24, 2.45) is 5.92 Å². The maximum Gasteiger partial charge on any atom is 0.294 e. The third-order valence-corrected chi connectivity index (χ3v) is 5.80. The van der Waals surface area contributed by atoms with E-state index in [9.17, 15) is 14.7 Å². The van der Waals surface area contributed by atoms with Gasteiger partial charge in [0.15, 0.2) is 11.5 Å². The highest BCUT2D eigenvalue weighted by molar-refractivity contribution is 6.17. The topological polar surface area (TPSA) is 113 Å². The van der Waals surface area contributed by atoms with Gasteiger partial charge in [-0.1, -0.05) is 13.8 Å². The lowest BCUT2D eigenvalue weighted by Crippen LogP contribution is -2.32. The fraction of sp³-hybridized carbons (Fsp3) is 0.296. The summed E-state index contributed by atoms with van der Waals surface area (Å²) in [6.45, 7) is 5.46. The molecule has 3 aromatic rings. The van der Waals surface area contributed by atoms with Gasteiger partial charge in [0.2, 0.25) is 5.88 Å². The van der Waals surface area contributed by atoms with Crippen LogP contribution in [0.15, 0.2) is 70.5 Å². The first kappa shape index (κ1) is 24.2. The zero-order valence-corrected chi connectivity index (χ0v) is 19.9. The highest BCUT2D eigenvalue weighted by atomic mass is 16.5. The van der Waals surface area contributed by atoms with Gasteiger partial charge < -0.3 is 19.4 Å². The van der Waals surface area contributed by atoms with Crippen molar-refractivity contribution in [1.29, 1.82) is 0 Å². The summed E-state index contributed by atoms with van der Waals surface area (Å²) in [5.41, 5.74) is 1.80. The molecule has 0 bridgehead atoms. The summed E-state index contributed by atoms with van der Waals surface area (Å²) in [7, 11) is 0. The standard InChI is InChI=1S/C27H28N2O6/c1-16(2)24(31)22-23(20-6-4-13-28-26(20)34-15-5-14-30)29(27(33)25(22)32)19-10-8-18(9-11-19)21-12-7-17(3)35-21/h4,6-13,16,23,30,32H,5,14-15H2,1-3H3. The monoisotopic (exact) mass is 476 g/mol. The third kappa shape index (κ3) is 4.70. The van der Waals surface area contributed by atoms with Crippen LogP contribution in [-0.4, -0.2) is 40.1 Å². The number of aromatic nitrogens is 1. The SMILES string of the molecule is Cc1ccc(-c2ccc(N3C(=O)C(O)=C(C(=O)C(C)C)C3c3cccnc3OCCCO)cc2)o1. The number of aryl methyl sites for hydroxylation is 1. The highest BCUT2D eigenvalue weighted by Crippen LogP contribution is 2.44. The van der Waals surface area contributed by atoms with Gasteiger partial charge in [-0.3, -0.25) is 14.5 Å². The molecule has 1 unspecified atom stereocenters. The minimum absolute atomic E-state index is 0.00995. The molecule has 4 rings (SSSR count). The van der Waals surface area contributed by atoms with E-state index in [1.807, 2.05) is 31.2 Å². The van der Waals surface area contributed by atoms with Crippen molar-refractivity contribution in [3.8, 4) is 17.2 Å². The Morgan fingerprint density at radius 2 is 1.91 bits per heavy atom. The summed E-state index contributed by atoms with van der Waals surface area (Å²) in [4.78, 5) is 32.2. The molecule has 1 atom stereocenters. The van der Waals surface area contributed by atoms with Gasteiger partial charge in [-0.25, -0.2) is 4.98 Å². The number of hydrogen-bond donors (Lipinski definition) is 2. The Morgan fingerprint density at radius 3 is 2.54 bits per heavy atom. The predicted octanol–water partition coefficient (Wildman–Crippen LogP) is 4.54. The van der Waals surface area contributed by atoms with Gasteiger partial charge >= 0.3 is 0 Å². The minimum Gasteiger partial charge on any atom is -0.503 e. The van der Waals surface area contributed by atoms with Crippen molar-refractivity contribution in [2.45, 2.75) is 33.2 Å². The molecule has 0 saturated heterocycles. The van der Waals surface area contributed by atoms with E-state index in [2.05, 4.69) is 4.98 Å². The quantitative estimate of drug-likeness (QED) is 0.436. The van der Waals surface area contributed by atoms with Gasteiger partial charge in [-0.15, -0.1) is 0 Å². The Morgan fingerprint density at radius 1 is 1.17 bits per heavy atom.